The summed E-state index contributed by atoms with van der Waals surface area (Å²) in [4.78, 5) is 12.8. The Kier molecular flexibility index (Phi) is 5.57. The van der Waals surface area contributed by atoms with Gasteiger partial charge in [-0.3, -0.25) is 4.79 Å². The first-order valence-corrected chi connectivity index (χ1v) is 12.8. The van der Waals surface area contributed by atoms with Gasteiger partial charge in [-0.15, -0.1) is 0 Å². The van der Waals surface area contributed by atoms with E-state index < -0.39 is 0 Å². The van der Waals surface area contributed by atoms with Gasteiger partial charge in [-0.2, -0.15) is 5.26 Å². The molecule has 3 heteroatoms. The molecule has 0 radical (unpaired) electrons. The van der Waals surface area contributed by atoms with Crippen LogP contribution in [-0.2, 0) is 11.3 Å². The van der Waals surface area contributed by atoms with E-state index in [0.29, 0.717) is 23.2 Å². The number of fused-ring (bicyclic) bond motifs is 5. The minimum absolute atomic E-state index is 0.135. The standard InChI is InChI=1S/C29H38N2O/c1-4-24-27(32)16-26-23-10-9-21-15-22(31-18-20-7-5-19(17-30)6-8-20)11-13-28(21,2)25(23)12-14-29(24,26)3/h4-8,21-23,25-26,31H,9-16,18H2,1-3H3/b24-4-/t21?,22-,23-,25+,26+,28+,29-/m1/s1. The lowest BCUT2D eigenvalue weighted by Gasteiger charge is -2.60. The van der Waals surface area contributed by atoms with Gasteiger partial charge in [-0.05, 0) is 110 Å². The molecule has 0 amide bonds. The number of Topliss-reactive ketones (excluding diaryl/α,β-unsaturated/α-hetero) is 1. The Hall–Kier alpha value is -1.92. The first kappa shape index (κ1) is 21.9. The Bertz CT molecular complexity index is 956. The van der Waals surface area contributed by atoms with Gasteiger partial charge in [0, 0.05) is 19.0 Å². The van der Waals surface area contributed by atoms with Crippen molar-refractivity contribution in [1.29, 1.82) is 5.26 Å². The van der Waals surface area contributed by atoms with E-state index in [1.54, 1.807) is 0 Å². The van der Waals surface area contributed by atoms with Crippen molar-refractivity contribution in [2.45, 2.75) is 84.7 Å². The van der Waals surface area contributed by atoms with E-state index in [1.165, 1.54) is 50.5 Å². The Morgan fingerprint density at radius 1 is 1.09 bits per heavy atom. The Morgan fingerprint density at radius 3 is 2.59 bits per heavy atom. The van der Waals surface area contributed by atoms with Crippen LogP contribution in [-0.4, -0.2) is 11.8 Å². The zero-order valence-corrected chi connectivity index (χ0v) is 20.0. The molecular formula is C29H38N2O. The average molecular weight is 431 g/mol. The molecule has 1 unspecified atom stereocenters. The molecule has 32 heavy (non-hydrogen) atoms. The molecule has 1 N–H and O–H groups in total. The summed E-state index contributed by atoms with van der Waals surface area (Å²) in [7, 11) is 0. The minimum Gasteiger partial charge on any atom is -0.310 e. The highest BCUT2D eigenvalue weighted by molar-refractivity contribution is 5.99. The summed E-state index contributed by atoms with van der Waals surface area (Å²) < 4.78 is 0. The molecule has 0 bridgehead atoms. The van der Waals surface area contributed by atoms with Crippen molar-refractivity contribution in [1.82, 2.24) is 5.32 Å². The quantitative estimate of drug-likeness (QED) is 0.582. The van der Waals surface area contributed by atoms with Crippen molar-refractivity contribution in [3.8, 4) is 6.07 Å². The molecule has 0 saturated heterocycles. The van der Waals surface area contributed by atoms with Crippen LogP contribution in [0.25, 0.3) is 0 Å². The molecule has 0 heterocycles. The number of rotatable bonds is 3. The summed E-state index contributed by atoms with van der Waals surface area (Å²) in [5, 5.41) is 12.8. The van der Waals surface area contributed by atoms with Gasteiger partial charge in [0.2, 0.25) is 0 Å². The summed E-state index contributed by atoms with van der Waals surface area (Å²) in [5.41, 5.74) is 3.71. The summed E-state index contributed by atoms with van der Waals surface area (Å²) >= 11 is 0. The van der Waals surface area contributed by atoms with Crippen molar-refractivity contribution in [2.75, 3.05) is 0 Å². The number of allylic oxidation sites excluding steroid dienone is 2. The predicted molar refractivity (Wildman–Crippen MR) is 128 cm³/mol. The van der Waals surface area contributed by atoms with Crippen LogP contribution in [0.2, 0.25) is 0 Å². The topological polar surface area (TPSA) is 52.9 Å². The number of hydrogen-bond acceptors (Lipinski definition) is 3. The third kappa shape index (κ3) is 3.38. The molecule has 1 aromatic carbocycles. The number of nitrogens with one attached hydrogen (secondary N) is 1. The van der Waals surface area contributed by atoms with E-state index in [0.717, 1.165) is 41.9 Å². The van der Waals surface area contributed by atoms with Crippen LogP contribution in [0, 0.1) is 45.8 Å². The Balaban J connectivity index is 1.26. The molecule has 0 aromatic heterocycles. The maximum Gasteiger partial charge on any atom is 0.159 e. The highest BCUT2D eigenvalue weighted by Crippen LogP contribution is 2.66. The third-order valence-corrected chi connectivity index (χ3v) is 10.3. The average Bonchev–Trinajstić information content (AvgIpc) is 3.07. The molecule has 4 saturated carbocycles. The smallest absolute Gasteiger partial charge is 0.159 e. The molecule has 170 valence electrons. The van der Waals surface area contributed by atoms with E-state index in [2.05, 4.69) is 50.4 Å². The van der Waals surface area contributed by atoms with E-state index >= 15 is 0 Å². The van der Waals surface area contributed by atoms with Gasteiger partial charge in [-0.1, -0.05) is 32.1 Å². The second-order valence-corrected chi connectivity index (χ2v) is 11.6. The summed E-state index contributed by atoms with van der Waals surface area (Å²) in [6.45, 7) is 7.95. The molecule has 5 rings (SSSR count). The van der Waals surface area contributed by atoms with Crippen LogP contribution in [0.3, 0.4) is 0 Å². The predicted octanol–water partition coefficient (Wildman–Crippen LogP) is 6.18. The molecule has 4 aliphatic carbocycles. The molecule has 4 fully saturated rings. The first-order chi connectivity index (χ1) is 15.4. The van der Waals surface area contributed by atoms with E-state index in [-0.39, 0.29) is 5.41 Å². The number of carbonyl (C=O) groups is 1. The van der Waals surface area contributed by atoms with Crippen molar-refractivity contribution in [3.05, 3.63) is 47.0 Å². The normalized spacial score (nSPS) is 42.1. The number of nitrogens with zero attached hydrogens (tertiary/aromatic N) is 1. The second kappa shape index (κ2) is 8.14. The molecule has 1 aromatic rings. The van der Waals surface area contributed by atoms with Gasteiger partial charge in [-0.25, -0.2) is 0 Å². The van der Waals surface area contributed by atoms with Gasteiger partial charge >= 0.3 is 0 Å². The van der Waals surface area contributed by atoms with Gasteiger partial charge in [0.25, 0.3) is 0 Å². The number of hydrogen-bond donors (Lipinski definition) is 1. The molecule has 0 spiro atoms. The molecule has 3 nitrogen and oxygen atoms in total. The van der Waals surface area contributed by atoms with Crippen LogP contribution < -0.4 is 5.32 Å². The fourth-order valence-corrected chi connectivity index (χ4v) is 8.55. The van der Waals surface area contributed by atoms with Crippen LogP contribution in [0.5, 0.6) is 0 Å². The number of nitriles is 1. The molecule has 0 aliphatic heterocycles. The van der Waals surface area contributed by atoms with Crippen molar-refractivity contribution in [3.63, 3.8) is 0 Å². The maximum absolute atomic E-state index is 12.8. The molecule has 4 aliphatic rings. The first-order valence-electron chi connectivity index (χ1n) is 12.8. The van der Waals surface area contributed by atoms with Crippen molar-refractivity contribution < 1.29 is 4.79 Å². The van der Waals surface area contributed by atoms with Crippen LogP contribution in [0.15, 0.2) is 35.9 Å². The lowest BCUT2D eigenvalue weighted by molar-refractivity contribution is -0.116. The van der Waals surface area contributed by atoms with Crippen LogP contribution in [0.4, 0.5) is 0 Å². The number of benzene rings is 1. The lowest BCUT2D eigenvalue weighted by atomic mass is 9.45. The zero-order valence-electron chi connectivity index (χ0n) is 20.0. The fourth-order valence-electron chi connectivity index (χ4n) is 8.55. The molecular weight excluding hydrogens is 392 g/mol. The van der Waals surface area contributed by atoms with Gasteiger partial charge in [0.1, 0.15) is 0 Å². The lowest BCUT2D eigenvalue weighted by Crippen LogP contribution is -2.54. The van der Waals surface area contributed by atoms with Gasteiger partial charge in [0.05, 0.1) is 11.6 Å². The van der Waals surface area contributed by atoms with E-state index in [4.69, 9.17) is 5.26 Å². The Morgan fingerprint density at radius 2 is 1.88 bits per heavy atom. The summed E-state index contributed by atoms with van der Waals surface area (Å²) in [5.74, 6) is 3.34. The maximum atomic E-state index is 12.8. The molecule has 7 atom stereocenters. The highest BCUT2D eigenvalue weighted by atomic mass is 16.1. The summed E-state index contributed by atoms with van der Waals surface area (Å²) in [6.07, 6.45) is 11.9. The second-order valence-electron chi connectivity index (χ2n) is 11.6. The number of ketones is 1. The van der Waals surface area contributed by atoms with E-state index in [1.807, 2.05) is 12.1 Å². The Labute approximate surface area is 193 Å². The van der Waals surface area contributed by atoms with E-state index in [9.17, 15) is 4.79 Å². The van der Waals surface area contributed by atoms with Crippen LogP contribution >= 0.6 is 0 Å². The van der Waals surface area contributed by atoms with Crippen LogP contribution in [0.1, 0.15) is 83.3 Å². The minimum atomic E-state index is 0.135. The zero-order chi connectivity index (χ0) is 22.5. The van der Waals surface area contributed by atoms with Gasteiger partial charge in [0.15, 0.2) is 5.78 Å². The van der Waals surface area contributed by atoms with Crippen molar-refractivity contribution >= 4 is 5.78 Å². The highest BCUT2D eigenvalue weighted by Gasteiger charge is 2.60. The summed E-state index contributed by atoms with van der Waals surface area (Å²) in [6, 6.07) is 10.8. The monoisotopic (exact) mass is 430 g/mol. The largest absolute Gasteiger partial charge is 0.310 e. The number of carbonyl (C=O) groups excluding carboxylic acids is 1. The fraction of sp³-hybridized carbons (Fsp3) is 0.655. The van der Waals surface area contributed by atoms with Crippen molar-refractivity contribution in [2.24, 2.45) is 34.5 Å². The SMILES string of the molecule is C/C=C1/C(=O)C[C@H]2[C@@H]3CCC4C[C@H](NCc5ccc(C#N)cc5)CC[C@]4(C)[C@H]3CC[C@]12C. The van der Waals surface area contributed by atoms with Gasteiger partial charge < -0.3 is 5.32 Å². The third-order valence-electron chi connectivity index (χ3n) is 10.3.